The highest BCUT2D eigenvalue weighted by Crippen LogP contribution is 2.24. The van der Waals surface area contributed by atoms with Gasteiger partial charge in [-0.15, -0.1) is 0 Å². The number of rotatable bonds is 1. The molecule has 21 heavy (non-hydrogen) atoms. The number of aryl methyl sites for hydroxylation is 1. The van der Waals surface area contributed by atoms with Crippen molar-refractivity contribution in [2.75, 3.05) is 12.3 Å². The lowest BCUT2D eigenvalue weighted by Gasteiger charge is -2.29. The molecule has 0 bridgehead atoms. The SMILES string of the molecule is Cc1cc(Cl)ccc1C(=O)N1CCc2ccc(N)cc2C1. The van der Waals surface area contributed by atoms with Gasteiger partial charge in [0.1, 0.15) is 0 Å². The van der Waals surface area contributed by atoms with Crippen LogP contribution in [0, 0.1) is 6.92 Å². The number of benzene rings is 2. The van der Waals surface area contributed by atoms with Crippen LogP contribution in [-0.2, 0) is 13.0 Å². The van der Waals surface area contributed by atoms with Crippen LogP contribution in [0.25, 0.3) is 0 Å². The van der Waals surface area contributed by atoms with Gasteiger partial charge < -0.3 is 10.6 Å². The first kappa shape index (κ1) is 14.0. The van der Waals surface area contributed by atoms with E-state index in [1.54, 1.807) is 12.1 Å². The number of amides is 1. The molecule has 0 aliphatic carbocycles. The molecule has 0 saturated carbocycles. The molecule has 1 heterocycles. The van der Waals surface area contributed by atoms with Crippen molar-refractivity contribution in [3.8, 4) is 0 Å². The molecule has 4 heteroatoms. The Hall–Kier alpha value is -2.00. The van der Waals surface area contributed by atoms with E-state index in [1.165, 1.54) is 5.56 Å². The molecule has 2 aromatic rings. The van der Waals surface area contributed by atoms with E-state index in [9.17, 15) is 4.79 Å². The topological polar surface area (TPSA) is 46.3 Å². The van der Waals surface area contributed by atoms with Gasteiger partial charge in [0.05, 0.1) is 0 Å². The Labute approximate surface area is 129 Å². The summed E-state index contributed by atoms with van der Waals surface area (Å²) in [4.78, 5) is 14.6. The minimum Gasteiger partial charge on any atom is -0.399 e. The highest BCUT2D eigenvalue weighted by molar-refractivity contribution is 6.30. The molecule has 3 nitrogen and oxygen atoms in total. The highest BCUT2D eigenvalue weighted by Gasteiger charge is 2.22. The lowest BCUT2D eigenvalue weighted by atomic mass is 9.98. The van der Waals surface area contributed by atoms with Gasteiger partial charge in [-0.05, 0) is 60.4 Å². The number of hydrogen-bond donors (Lipinski definition) is 1. The van der Waals surface area contributed by atoms with Crippen LogP contribution >= 0.6 is 11.6 Å². The largest absolute Gasteiger partial charge is 0.399 e. The summed E-state index contributed by atoms with van der Waals surface area (Å²) in [6.07, 6.45) is 0.869. The Morgan fingerprint density at radius 1 is 1.19 bits per heavy atom. The third kappa shape index (κ3) is 2.74. The van der Waals surface area contributed by atoms with Crippen molar-refractivity contribution in [3.05, 3.63) is 63.7 Å². The molecule has 0 atom stereocenters. The van der Waals surface area contributed by atoms with Crippen molar-refractivity contribution < 1.29 is 4.79 Å². The molecule has 1 aliphatic heterocycles. The second-order valence-corrected chi connectivity index (χ2v) is 5.90. The fourth-order valence-corrected chi connectivity index (χ4v) is 3.01. The van der Waals surface area contributed by atoms with E-state index < -0.39 is 0 Å². The van der Waals surface area contributed by atoms with Gasteiger partial charge in [-0.25, -0.2) is 0 Å². The zero-order valence-corrected chi connectivity index (χ0v) is 12.7. The molecule has 0 aromatic heterocycles. The van der Waals surface area contributed by atoms with Crippen molar-refractivity contribution in [1.29, 1.82) is 0 Å². The van der Waals surface area contributed by atoms with Crippen molar-refractivity contribution in [2.24, 2.45) is 0 Å². The monoisotopic (exact) mass is 300 g/mol. The third-order valence-corrected chi connectivity index (χ3v) is 4.18. The van der Waals surface area contributed by atoms with Crippen molar-refractivity contribution in [2.45, 2.75) is 19.9 Å². The van der Waals surface area contributed by atoms with E-state index >= 15 is 0 Å². The first-order chi connectivity index (χ1) is 10.0. The number of nitrogens with two attached hydrogens (primary N) is 1. The summed E-state index contributed by atoms with van der Waals surface area (Å²) in [6.45, 7) is 3.26. The fraction of sp³-hybridized carbons (Fsp3) is 0.235. The Kier molecular flexibility index (Phi) is 3.60. The quantitative estimate of drug-likeness (QED) is 0.820. The van der Waals surface area contributed by atoms with Gasteiger partial charge in [-0.1, -0.05) is 17.7 Å². The van der Waals surface area contributed by atoms with Gasteiger partial charge in [0.15, 0.2) is 0 Å². The smallest absolute Gasteiger partial charge is 0.254 e. The van der Waals surface area contributed by atoms with E-state index in [0.29, 0.717) is 17.1 Å². The molecule has 2 N–H and O–H groups in total. The normalized spacial score (nSPS) is 13.9. The number of fused-ring (bicyclic) bond motifs is 1. The van der Waals surface area contributed by atoms with Crippen molar-refractivity contribution in [1.82, 2.24) is 4.90 Å². The molecular formula is C17H17ClN2O. The van der Waals surface area contributed by atoms with E-state index in [1.807, 2.05) is 30.0 Å². The minimum absolute atomic E-state index is 0.0530. The minimum atomic E-state index is 0.0530. The molecule has 1 amide bonds. The van der Waals surface area contributed by atoms with E-state index in [4.69, 9.17) is 17.3 Å². The number of halogens is 1. The Balaban J connectivity index is 1.87. The third-order valence-electron chi connectivity index (χ3n) is 3.95. The average Bonchev–Trinajstić information content (AvgIpc) is 2.46. The number of carbonyl (C=O) groups excluding carboxylic acids is 1. The van der Waals surface area contributed by atoms with Crippen LogP contribution < -0.4 is 5.73 Å². The molecule has 108 valence electrons. The lowest BCUT2D eigenvalue weighted by Crippen LogP contribution is -2.36. The number of carbonyl (C=O) groups is 1. The summed E-state index contributed by atoms with van der Waals surface area (Å²) < 4.78 is 0. The molecule has 3 rings (SSSR count). The van der Waals surface area contributed by atoms with Crippen LogP contribution in [0.1, 0.15) is 27.0 Å². The summed E-state index contributed by atoms with van der Waals surface area (Å²) >= 11 is 5.95. The van der Waals surface area contributed by atoms with Crippen LogP contribution in [0.3, 0.4) is 0 Å². The van der Waals surface area contributed by atoms with E-state index in [-0.39, 0.29) is 5.91 Å². The second-order valence-electron chi connectivity index (χ2n) is 5.46. The number of anilines is 1. The van der Waals surface area contributed by atoms with Gasteiger partial charge in [0.25, 0.3) is 5.91 Å². The lowest BCUT2D eigenvalue weighted by molar-refractivity contribution is 0.0734. The summed E-state index contributed by atoms with van der Waals surface area (Å²) in [5, 5.41) is 0.654. The average molecular weight is 301 g/mol. The van der Waals surface area contributed by atoms with E-state index in [0.717, 1.165) is 29.8 Å². The van der Waals surface area contributed by atoms with Gasteiger partial charge in [-0.2, -0.15) is 0 Å². The second kappa shape index (κ2) is 5.41. The number of nitrogens with zero attached hydrogens (tertiary/aromatic N) is 1. The van der Waals surface area contributed by atoms with Crippen molar-refractivity contribution in [3.63, 3.8) is 0 Å². The predicted octanol–water partition coefficient (Wildman–Crippen LogP) is 3.43. The molecule has 0 unspecified atom stereocenters. The Morgan fingerprint density at radius 3 is 2.76 bits per heavy atom. The zero-order valence-electron chi connectivity index (χ0n) is 11.9. The predicted molar refractivity (Wildman–Crippen MR) is 85.5 cm³/mol. The first-order valence-corrected chi connectivity index (χ1v) is 7.35. The maximum absolute atomic E-state index is 12.7. The molecular weight excluding hydrogens is 284 g/mol. The summed E-state index contributed by atoms with van der Waals surface area (Å²) in [5.74, 6) is 0.0530. The van der Waals surface area contributed by atoms with Gasteiger partial charge in [0.2, 0.25) is 0 Å². The molecule has 0 saturated heterocycles. The first-order valence-electron chi connectivity index (χ1n) is 6.97. The Bertz CT molecular complexity index is 712. The number of hydrogen-bond acceptors (Lipinski definition) is 2. The maximum atomic E-state index is 12.7. The van der Waals surface area contributed by atoms with E-state index in [2.05, 4.69) is 6.07 Å². The van der Waals surface area contributed by atoms with Crippen molar-refractivity contribution >= 4 is 23.2 Å². The van der Waals surface area contributed by atoms with Crippen LogP contribution in [0.5, 0.6) is 0 Å². The summed E-state index contributed by atoms with van der Waals surface area (Å²) in [7, 11) is 0. The fourth-order valence-electron chi connectivity index (χ4n) is 2.79. The standard InChI is InChI=1S/C17H17ClN2O/c1-11-8-14(18)3-5-16(11)17(21)20-7-6-12-2-4-15(19)9-13(12)10-20/h2-5,8-9H,6-7,10,19H2,1H3. The van der Waals surface area contributed by atoms with Crippen LogP contribution in [0.15, 0.2) is 36.4 Å². The molecule has 1 aliphatic rings. The molecule has 2 aromatic carbocycles. The summed E-state index contributed by atoms with van der Waals surface area (Å²) in [6, 6.07) is 11.3. The van der Waals surface area contributed by atoms with Gasteiger partial charge in [-0.3, -0.25) is 4.79 Å². The van der Waals surface area contributed by atoms with Crippen LogP contribution in [-0.4, -0.2) is 17.4 Å². The molecule has 0 fully saturated rings. The zero-order chi connectivity index (χ0) is 15.0. The summed E-state index contributed by atoms with van der Waals surface area (Å²) in [5.41, 5.74) is 10.6. The van der Waals surface area contributed by atoms with Gasteiger partial charge in [0, 0.05) is 29.4 Å². The highest BCUT2D eigenvalue weighted by atomic mass is 35.5. The van der Waals surface area contributed by atoms with Gasteiger partial charge >= 0.3 is 0 Å². The number of nitrogen functional groups attached to an aromatic ring is 1. The Morgan fingerprint density at radius 2 is 2.00 bits per heavy atom. The molecule has 0 spiro atoms. The molecule has 0 radical (unpaired) electrons. The maximum Gasteiger partial charge on any atom is 0.254 e. The van der Waals surface area contributed by atoms with Crippen LogP contribution in [0.2, 0.25) is 5.02 Å². The van der Waals surface area contributed by atoms with Crippen LogP contribution in [0.4, 0.5) is 5.69 Å².